The Kier molecular flexibility index (Phi) is 6.03. The van der Waals surface area contributed by atoms with Gasteiger partial charge < -0.3 is 10.1 Å². The monoisotopic (exact) mass is 371 g/mol. The zero-order valence-corrected chi connectivity index (χ0v) is 14.0. The molecule has 0 radical (unpaired) electrons. The van der Waals surface area contributed by atoms with Crippen molar-refractivity contribution in [3.05, 3.63) is 62.8 Å². The summed E-state index contributed by atoms with van der Waals surface area (Å²) in [5, 5.41) is 3.39. The maximum atomic E-state index is 13.4. The highest BCUT2D eigenvalue weighted by Crippen LogP contribution is 2.30. The SMILES string of the molecule is CCNCc1cccc(Br)c1OCc1ccc(Cl)c(F)c1. The third-order valence-corrected chi connectivity index (χ3v) is 3.91. The zero-order chi connectivity index (χ0) is 15.2. The van der Waals surface area contributed by atoms with Crippen molar-refractivity contribution in [1.82, 2.24) is 5.32 Å². The summed E-state index contributed by atoms with van der Waals surface area (Å²) in [5.41, 5.74) is 1.79. The van der Waals surface area contributed by atoms with Crippen LogP contribution >= 0.6 is 27.5 Å². The van der Waals surface area contributed by atoms with Gasteiger partial charge in [-0.05, 0) is 46.2 Å². The maximum absolute atomic E-state index is 13.4. The summed E-state index contributed by atoms with van der Waals surface area (Å²) in [7, 11) is 0. The Bertz CT molecular complexity index is 621. The van der Waals surface area contributed by atoms with E-state index in [1.165, 1.54) is 12.1 Å². The predicted octanol–water partition coefficient (Wildman–Crippen LogP) is 4.93. The molecule has 5 heteroatoms. The first kappa shape index (κ1) is 16.3. The van der Waals surface area contributed by atoms with Crippen molar-refractivity contribution in [2.24, 2.45) is 0 Å². The Balaban J connectivity index is 2.13. The van der Waals surface area contributed by atoms with E-state index in [0.29, 0.717) is 0 Å². The number of hydrogen-bond acceptors (Lipinski definition) is 2. The molecular weight excluding hydrogens is 357 g/mol. The van der Waals surface area contributed by atoms with E-state index in [2.05, 4.69) is 28.2 Å². The molecule has 2 rings (SSSR count). The second-order valence-electron chi connectivity index (χ2n) is 4.55. The molecule has 2 nitrogen and oxygen atoms in total. The van der Waals surface area contributed by atoms with E-state index in [1.807, 2.05) is 18.2 Å². The molecule has 0 saturated carbocycles. The molecule has 0 unspecified atom stereocenters. The Morgan fingerprint density at radius 2 is 2.10 bits per heavy atom. The van der Waals surface area contributed by atoms with Crippen LogP contribution in [0.4, 0.5) is 4.39 Å². The third kappa shape index (κ3) is 4.43. The van der Waals surface area contributed by atoms with Gasteiger partial charge >= 0.3 is 0 Å². The van der Waals surface area contributed by atoms with Crippen LogP contribution in [-0.4, -0.2) is 6.54 Å². The fraction of sp³-hybridized carbons (Fsp3) is 0.250. The van der Waals surface area contributed by atoms with E-state index < -0.39 is 5.82 Å². The summed E-state index contributed by atoms with van der Waals surface area (Å²) < 4.78 is 20.2. The molecule has 0 aromatic heterocycles. The molecule has 0 fully saturated rings. The Morgan fingerprint density at radius 3 is 2.81 bits per heavy atom. The van der Waals surface area contributed by atoms with E-state index >= 15 is 0 Å². The van der Waals surface area contributed by atoms with Crippen LogP contribution in [0.25, 0.3) is 0 Å². The van der Waals surface area contributed by atoms with Gasteiger partial charge in [0, 0.05) is 12.1 Å². The van der Waals surface area contributed by atoms with Crippen molar-refractivity contribution >= 4 is 27.5 Å². The molecule has 0 aliphatic carbocycles. The average Bonchev–Trinajstić information content (AvgIpc) is 2.47. The van der Waals surface area contributed by atoms with Crippen molar-refractivity contribution in [3.8, 4) is 5.75 Å². The van der Waals surface area contributed by atoms with Gasteiger partial charge in [-0.25, -0.2) is 4.39 Å². The molecule has 0 bridgehead atoms. The highest BCUT2D eigenvalue weighted by Gasteiger charge is 2.09. The van der Waals surface area contributed by atoms with E-state index in [4.69, 9.17) is 16.3 Å². The predicted molar refractivity (Wildman–Crippen MR) is 87.3 cm³/mol. The lowest BCUT2D eigenvalue weighted by molar-refractivity contribution is 0.299. The zero-order valence-electron chi connectivity index (χ0n) is 11.6. The lowest BCUT2D eigenvalue weighted by Crippen LogP contribution is -2.13. The standard InChI is InChI=1S/C16H16BrClFNO/c1-2-20-9-12-4-3-5-13(17)16(12)21-10-11-6-7-14(18)15(19)8-11/h3-8,20H,2,9-10H2,1H3. The van der Waals surface area contributed by atoms with Gasteiger partial charge in [-0.15, -0.1) is 0 Å². The fourth-order valence-corrected chi connectivity index (χ4v) is 2.54. The van der Waals surface area contributed by atoms with Gasteiger partial charge in [0.05, 0.1) is 9.50 Å². The third-order valence-electron chi connectivity index (χ3n) is 2.98. The fourth-order valence-electron chi connectivity index (χ4n) is 1.90. The number of ether oxygens (including phenoxy) is 1. The second-order valence-corrected chi connectivity index (χ2v) is 5.81. The number of rotatable bonds is 6. The van der Waals surface area contributed by atoms with Gasteiger partial charge in [0.1, 0.15) is 18.2 Å². The first-order valence-corrected chi connectivity index (χ1v) is 7.83. The van der Waals surface area contributed by atoms with Crippen LogP contribution < -0.4 is 10.1 Å². The van der Waals surface area contributed by atoms with Crippen molar-refractivity contribution in [2.45, 2.75) is 20.1 Å². The van der Waals surface area contributed by atoms with Gasteiger partial charge in [0.2, 0.25) is 0 Å². The van der Waals surface area contributed by atoms with E-state index in [-0.39, 0.29) is 11.6 Å². The lowest BCUT2D eigenvalue weighted by Gasteiger charge is -2.14. The van der Waals surface area contributed by atoms with Crippen LogP contribution in [0.1, 0.15) is 18.1 Å². The normalized spacial score (nSPS) is 10.7. The minimum atomic E-state index is -0.433. The minimum Gasteiger partial charge on any atom is -0.487 e. The van der Waals surface area contributed by atoms with Gasteiger partial charge in [0.25, 0.3) is 0 Å². The largest absolute Gasteiger partial charge is 0.487 e. The highest BCUT2D eigenvalue weighted by molar-refractivity contribution is 9.10. The van der Waals surface area contributed by atoms with Gasteiger partial charge in [0.15, 0.2) is 0 Å². The first-order valence-electron chi connectivity index (χ1n) is 6.66. The molecule has 0 amide bonds. The smallest absolute Gasteiger partial charge is 0.142 e. The quantitative estimate of drug-likeness (QED) is 0.776. The van der Waals surface area contributed by atoms with Crippen LogP contribution in [0.2, 0.25) is 5.02 Å². The molecule has 112 valence electrons. The number of hydrogen-bond donors (Lipinski definition) is 1. The molecule has 0 aliphatic heterocycles. The van der Waals surface area contributed by atoms with Crippen LogP contribution in [0.5, 0.6) is 5.75 Å². The van der Waals surface area contributed by atoms with E-state index in [9.17, 15) is 4.39 Å². The van der Waals surface area contributed by atoms with Gasteiger partial charge in [-0.2, -0.15) is 0 Å². The van der Waals surface area contributed by atoms with Crippen molar-refractivity contribution in [3.63, 3.8) is 0 Å². The molecule has 21 heavy (non-hydrogen) atoms. The summed E-state index contributed by atoms with van der Waals surface area (Å²) >= 11 is 9.16. The molecule has 1 N–H and O–H groups in total. The topological polar surface area (TPSA) is 21.3 Å². The summed E-state index contributed by atoms with van der Waals surface area (Å²) in [6, 6.07) is 10.6. The lowest BCUT2D eigenvalue weighted by atomic mass is 10.2. The summed E-state index contributed by atoms with van der Waals surface area (Å²) in [5.74, 6) is 0.339. The molecule has 0 saturated heterocycles. The van der Waals surface area contributed by atoms with Crippen LogP contribution in [0.3, 0.4) is 0 Å². The molecule has 0 spiro atoms. The van der Waals surface area contributed by atoms with Crippen LogP contribution in [0.15, 0.2) is 40.9 Å². The summed E-state index contributed by atoms with van der Waals surface area (Å²) in [6.45, 7) is 3.94. The maximum Gasteiger partial charge on any atom is 0.142 e. The van der Waals surface area contributed by atoms with Crippen molar-refractivity contribution in [1.29, 1.82) is 0 Å². The number of nitrogens with one attached hydrogen (secondary N) is 1. The Morgan fingerprint density at radius 1 is 1.29 bits per heavy atom. The van der Waals surface area contributed by atoms with Crippen LogP contribution in [-0.2, 0) is 13.2 Å². The molecule has 0 atom stereocenters. The van der Waals surface area contributed by atoms with Gasteiger partial charge in [-0.3, -0.25) is 0 Å². The molecule has 2 aromatic rings. The highest BCUT2D eigenvalue weighted by atomic mass is 79.9. The average molecular weight is 373 g/mol. The number of para-hydroxylation sites is 1. The molecule has 0 aliphatic rings. The number of benzene rings is 2. The van der Waals surface area contributed by atoms with E-state index in [1.54, 1.807) is 6.07 Å². The minimum absolute atomic E-state index is 0.118. The molecule has 2 aromatic carbocycles. The molecular formula is C16H16BrClFNO. The number of halogens is 3. The van der Waals surface area contributed by atoms with Gasteiger partial charge in [-0.1, -0.05) is 36.7 Å². The summed E-state index contributed by atoms with van der Waals surface area (Å²) in [4.78, 5) is 0. The van der Waals surface area contributed by atoms with Crippen LogP contribution in [0, 0.1) is 5.82 Å². The second kappa shape index (κ2) is 7.78. The molecule has 0 heterocycles. The Hall–Kier alpha value is -1.10. The van der Waals surface area contributed by atoms with E-state index in [0.717, 1.165) is 34.4 Å². The van der Waals surface area contributed by atoms with Crippen molar-refractivity contribution in [2.75, 3.05) is 6.54 Å². The Labute approximate surface area is 137 Å². The summed E-state index contributed by atoms with van der Waals surface area (Å²) in [6.07, 6.45) is 0. The first-order chi connectivity index (χ1) is 10.1. The van der Waals surface area contributed by atoms with Crippen molar-refractivity contribution < 1.29 is 9.13 Å².